The number of aromatic nitrogens is 4. The molecule has 0 bridgehead atoms. The molecule has 0 saturated heterocycles. The molecule has 2 aromatic heterocycles. The average Bonchev–Trinajstić information content (AvgIpc) is 3.40. The number of nitrogens with zero attached hydrogens (tertiary/aromatic N) is 5. The lowest BCUT2D eigenvalue weighted by atomic mass is 10.2. The summed E-state index contributed by atoms with van der Waals surface area (Å²) < 4.78 is 8.99. The molecule has 1 saturated carbocycles. The number of hydrogen-bond acceptors (Lipinski definition) is 5. The first-order chi connectivity index (χ1) is 12.9. The van der Waals surface area contributed by atoms with E-state index in [1.807, 2.05) is 6.07 Å². The summed E-state index contributed by atoms with van der Waals surface area (Å²) in [5.41, 5.74) is 1.75. The van der Waals surface area contributed by atoms with Crippen molar-refractivity contribution in [1.82, 2.24) is 19.5 Å². The van der Waals surface area contributed by atoms with Gasteiger partial charge in [-0.2, -0.15) is 5.26 Å². The Morgan fingerprint density at radius 2 is 2.11 bits per heavy atom. The van der Waals surface area contributed by atoms with Gasteiger partial charge in [0.1, 0.15) is 28.7 Å². The standard InChI is InChI=1S/C19H26BrN5OSi/c1-27(2,3)12-11-26-13-25-17(18(20)24-19(25)14-6-7-14)15-8-10-22-16(23-15)5-4-9-21/h8,10,14H,4-7,11-13H2,1-3H3. The summed E-state index contributed by atoms with van der Waals surface area (Å²) in [7, 11) is -1.12. The van der Waals surface area contributed by atoms with E-state index in [0.717, 1.165) is 34.5 Å². The summed E-state index contributed by atoms with van der Waals surface area (Å²) in [4.78, 5) is 13.7. The molecule has 0 unspecified atom stereocenters. The third-order valence-corrected chi connectivity index (χ3v) is 6.78. The van der Waals surface area contributed by atoms with Crippen molar-refractivity contribution in [2.24, 2.45) is 0 Å². The number of ether oxygens (including phenoxy) is 1. The van der Waals surface area contributed by atoms with Crippen LogP contribution in [0.4, 0.5) is 0 Å². The van der Waals surface area contributed by atoms with Gasteiger partial charge < -0.3 is 9.30 Å². The van der Waals surface area contributed by atoms with Gasteiger partial charge in [0.05, 0.1) is 11.8 Å². The van der Waals surface area contributed by atoms with Gasteiger partial charge >= 0.3 is 0 Å². The molecule has 0 atom stereocenters. The normalized spacial score (nSPS) is 14.3. The topological polar surface area (TPSA) is 76.6 Å². The maximum absolute atomic E-state index is 8.81. The highest BCUT2D eigenvalue weighted by molar-refractivity contribution is 9.10. The van der Waals surface area contributed by atoms with Crippen molar-refractivity contribution < 1.29 is 4.74 Å². The number of nitriles is 1. The van der Waals surface area contributed by atoms with Crippen LogP contribution >= 0.6 is 15.9 Å². The van der Waals surface area contributed by atoms with Crippen LogP contribution in [-0.2, 0) is 17.9 Å². The second kappa shape index (κ2) is 8.63. The Balaban J connectivity index is 1.85. The van der Waals surface area contributed by atoms with E-state index in [0.29, 0.717) is 31.3 Å². The lowest BCUT2D eigenvalue weighted by molar-refractivity contribution is 0.0861. The molecule has 27 heavy (non-hydrogen) atoms. The van der Waals surface area contributed by atoms with E-state index < -0.39 is 8.07 Å². The summed E-state index contributed by atoms with van der Waals surface area (Å²) in [5, 5.41) is 8.81. The Bertz CT molecular complexity index is 836. The Morgan fingerprint density at radius 1 is 1.33 bits per heavy atom. The first-order valence-electron chi connectivity index (χ1n) is 9.42. The van der Waals surface area contributed by atoms with Crippen molar-refractivity contribution in [3.63, 3.8) is 0 Å². The predicted molar refractivity (Wildman–Crippen MR) is 111 cm³/mol. The molecule has 144 valence electrons. The minimum atomic E-state index is -1.12. The minimum absolute atomic E-state index is 0.414. The zero-order valence-corrected chi connectivity index (χ0v) is 18.8. The number of rotatable bonds is 9. The van der Waals surface area contributed by atoms with Crippen molar-refractivity contribution in [1.29, 1.82) is 5.26 Å². The van der Waals surface area contributed by atoms with Gasteiger partial charge in [0.25, 0.3) is 0 Å². The fourth-order valence-electron chi connectivity index (χ4n) is 2.82. The van der Waals surface area contributed by atoms with Gasteiger partial charge in [-0.1, -0.05) is 19.6 Å². The fourth-order valence-corrected chi connectivity index (χ4v) is 4.18. The van der Waals surface area contributed by atoms with E-state index in [1.165, 1.54) is 12.8 Å². The number of aryl methyl sites for hydroxylation is 1. The maximum Gasteiger partial charge on any atom is 0.134 e. The lowest BCUT2D eigenvalue weighted by Crippen LogP contribution is -2.22. The molecular weight excluding hydrogens is 422 g/mol. The monoisotopic (exact) mass is 447 g/mol. The van der Waals surface area contributed by atoms with E-state index in [1.54, 1.807) is 6.20 Å². The van der Waals surface area contributed by atoms with Crippen LogP contribution in [0, 0.1) is 11.3 Å². The molecule has 2 heterocycles. The van der Waals surface area contributed by atoms with Crippen LogP contribution in [-0.4, -0.2) is 34.2 Å². The largest absolute Gasteiger partial charge is 0.361 e. The molecule has 1 fully saturated rings. The molecule has 0 aliphatic heterocycles. The van der Waals surface area contributed by atoms with Gasteiger partial charge in [-0.25, -0.2) is 15.0 Å². The Kier molecular flexibility index (Phi) is 6.45. The average molecular weight is 448 g/mol. The summed E-state index contributed by atoms with van der Waals surface area (Å²) >= 11 is 3.63. The fraction of sp³-hybridized carbons (Fsp3) is 0.579. The Morgan fingerprint density at radius 3 is 2.78 bits per heavy atom. The SMILES string of the molecule is C[Si](C)(C)CCOCn1c(C2CC2)nc(Br)c1-c1ccnc(CCC#N)n1. The zero-order chi connectivity index (χ0) is 19.4. The maximum atomic E-state index is 8.81. The Hall–Kier alpha value is -1.56. The molecule has 3 rings (SSSR count). The summed E-state index contributed by atoms with van der Waals surface area (Å²) in [6, 6.07) is 5.19. The molecular formula is C19H26BrN5OSi. The summed E-state index contributed by atoms with van der Waals surface area (Å²) in [5.74, 6) is 2.26. The van der Waals surface area contributed by atoms with E-state index in [2.05, 4.69) is 56.2 Å². The third kappa shape index (κ3) is 5.47. The number of hydrogen-bond donors (Lipinski definition) is 0. The van der Waals surface area contributed by atoms with Crippen LogP contribution in [0.5, 0.6) is 0 Å². The molecule has 2 aromatic rings. The van der Waals surface area contributed by atoms with Crippen LogP contribution in [0.3, 0.4) is 0 Å². The molecule has 0 N–H and O–H groups in total. The highest BCUT2D eigenvalue weighted by atomic mass is 79.9. The molecule has 0 spiro atoms. The minimum Gasteiger partial charge on any atom is -0.361 e. The van der Waals surface area contributed by atoms with Crippen LogP contribution in [0.1, 0.15) is 36.8 Å². The van der Waals surface area contributed by atoms with E-state index in [-0.39, 0.29) is 0 Å². The van der Waals surface area contributed by atoms with Crippen molar-refractivity contribution in [2.45, 2.75) is 64.0 Å². The molecule has 0 radical (unpaired) electrons. The first kappa shape index (κ1) is 20.2. The molecule has 6 nitrogen and oxygen atoms in total. The molecule has 8 heteroatoms. The van der Waals surface area contributed by atoms with Gasteiger partial charge in [0.15, 0.2) is 0 Å². The molecule has 1 aliphatic rings. The molecule has 1 aliphatic carbocycles. The highest BCUT2D eigenvalue weighted by Crippen LogP contribution is 2.42. The van der Waals surface area contributed by atoms with Crippen LogP contribution < -0.4 is 0 Å². The molecule has 0 aromatic carbocycles. The van der Waals surface area contributed by atoms with Crippen molar-refractivity contribution >= 4 is 24.0 Å². The van der Waals surface area contributed by atoms with Gasteiger partial charge in [0.2, 0.25) is 0 Å². The second-order valence-corrected chi connectivity index (χ2v) is 14.5. The smallest absolute Gasteiger partial charge is 0.134 e. The summed E-state index contributed by atoms with van der Waals surface area (Å²) in [6.45, 7) is 8.33. The van der Waals surface area contributed by atoms with Crippen LogP contribution in [0.15, 0.2) is 16.9 Å². The van der Waals surface area contributed by atoms with Crippen molar-refractivity contribution in [3.8, 4) is 17.5 Å². The first-order valence-corrected chi connectivity index (χ1v) is 13.9. The van der Waals surface area contributed by atoms with Crippen LogP contribution in [0.25, 0.3) is 11.4 Å². The van der Waals surface area contributed by atoms with Crippen LogP contribution in [0.2, 0.25) is 25.7 Å². The lowest BCUT2D eigenvalue weighted by Gasteiger charge is -2.17. The van der Waals surface area contributed by atoms with Gasteiger partial charge in [0, 0.05) is 39.6 Å². The zero-order valence-electron chi connectivity index (χ0n) is 16.2. The second-order valence-electron chi connectivity index (χ2n) is 8.18. The van der Waals surface area contributed by atoms with E-state index in [4.69, 9.17) is 15.0 Å². The highest BCUT2D eigenvalue weighted by Gasteiger charge is 2.31. The Labute approximate surface area is 170 Å². The van der Waals surface area contributed by atoms with E-state index in [9.17, 15) is 0 Å². The number of halogens is 1. The van der Waals surface area contributed by atoms with Gasteiger partial charge in [-0.05, 0) is 40.9 Å². The van der Waals surface area contributed by atoms with Crippen molar-refractivity contribution in [2.75, 3.05) is 6.61 Å². The van der Waals surface area contributed by atoms with Gasteiger partial charge in [-0.3, -0.25) is 0 Å². The third-order valence-electron chi connectivity index (χ3n) is 4.52. The number of imidazole rings is 1. The summed E-state index contributed by atoms with van der Waals surface area (Å²) in [6.07, 6.45) is 5.07. The van der Waals surface area contributed by atoms with Gasteiger partial charge in [-0.15, -0.1) is 0 Å². The molecule has 0 amide bonds. The predicted octanol–water partition coefficient (Wildman–Crippen LogP) is 4.75. The van der Waals surface area contributed by atoms with E-state index >= 15 is 0 Å². The quantitative estimate of drug-likeness (QED) is 0.409. The van der Waals surface area contributed by atoms with Crippen molar-refractivity contribution in [3.05, 3.63) is 28.5 Å².